The minimum Gasteiger partial charge on any atom is -0.460 e. The van der Waals surface area contributed by atoms with Gasteiger partial charge in [0.25, 0.3) is 5.91 Å². The summed E-state index contributed by atoms with van der Waals surface area (Å²) in [5.74, 6) is 0.620. The van der Waals surface area contributed by atoms with Gasteiger partial charge in [0.2, 0.25) is 5.91 Å². The van der Waals surface area contributed by atoms with Gasteiger partial charge in [0.05, 0.1) is 18.2 Å². The van der Waals surface area contributed by atoms with E-state index in [1.54, 1.807) is 4.90 Å². The molecule has 0 saturated heterocycles. The summed E-state index contributed by atoms with van der Waals surface area (Å²) in [6.07, 6.45) is 7.61. The summed E-state index contributed by atoms with van der Waals surface area (Å²) in [4.78, 5) is 29.1. The number of hydrogen-bond acceptors (Lipinski definition) is 4. The molecule has 7 heteroatoms. The first-order valence-corrected chi connectivity index (χ1v) is 12.1. The summed E-state index contributed by atoms with van der Waals surface area (Å²) in [5, 5.41) is 3.30. The topological polar surface area (TPSA) is 76.7 Å². The summed E-state index contributed by atoms with van der Waals surface area (Å²) in [7, 11) is 0. The van der Waals surface area contributed by atoms with Crippen molar-refractivity contribution in [3.05, 3.63) is 23.6 Å². The lowest BCUT2D eigenvalue weighted by Crippen LogP contribution is -2.65. The Kier molecular flexibility index (Phi) is 6.65. The SMILES string of the molecule is Cc1cc2c(cc3n2C[C@](C)(C(=O)NC2CCCCCC2)N(CCCOC(C)C)C3=O)o1. The number of aryl methyl sites for hydroxylation is 1. The van der Waals surface area contributed by atoms with E-state index in [0.717, 1.165) is 37.0 Å². The summed E-state index contributed by atoms with van der Waals surface area (Å²) in [6.45, 7) is 9.26. The van der Waals surface area contributed by atoms with Gasteiger partial charge in [-0.15, -0.1) is 0 Å². The van der Waals surface area contributed by atoms with E-state index in [4.69, 9.17) is 9.15 Å². The number of furan rings is 1. The molecule has 176 valence electrons. The molecule has 1 fully saturated rings. The first kappa shape index (κ1) is 22.9. The Morgan fingerprint density at radius 1 is 1.25 bits per heavy atom. The highest BCUT2D eigenvalue weighted by molar-refractivity contribution is 6.03. The average molecular weight is 444 g/mol. The predicted molar refractivity (Wildman–Crippen MR) is 124 cm³/mol. The second-order valence-electron chi connectivity index (χ2n) is 9.89. The maximum Gasteiger partial charge on any atom is 0.271 e. The summed E-state index contributed by atoms with van der Waals surface area (Å²) in [5.41, 5.74) is 1.19. The first-order valence-electron chi connectivity index (χ1n) is 12.1. The van der Waals surface area contributed by atoms with Crippen molar-refractivity contribution in [2.45, 2.75) is 96.9 Å². The molecular formula is C25H37N3O4. The minimum atomic E-state index is -0.967. The molecule has 2 aliphatic rings. The van der Waals surface area contributed by atoms with Gasteiger partial charge in [-0.2, -0.15) is 0 Å². The van der Waals surface area contributed by atoms with Crippen LogP contribution in [0, 0.1) is 6.92 Å². The minimum absolute atomic E-state index is 0.0600. The molecule has 4 rings (SSSR count). The van der Waals surface area contributed by atoms with Gasteiger partial charge in [0.1, 0.15) is 17.0 Å². The lowest BCUT2D eigenvalue weighted by Gasteiger charge is -2.44. The number of fused-ring (bicyclic) bond motifs is 3. The number of carbonyl (C=O) groups is 2. The Morgan fingerprint density at radius 3 is 2.66 bits per heavy atom. The lowest BCUT2D eigenvalue weighted by molar-refractivity contribution is -0.133. The molecule has 3 heterocycles. The third-order valence-corrected chi connectivity index (χ3v) is 6.90. The van der Waals surface area contributed by atoms with Crippen LogP contribution in [0.15, 0.2) is 16.5 Å². The normalized spacial score (nSPS) is 22.4. The van der Waals surface area contributed by atoms with Crippen LogP contribution in [0.3, 0.4) is 0 Å². The van der Waals surface area contributed by atoms with E-state index in [-0.39, 0.29) is 24.0 Å². The average Bonchev–Trinajstić information content (AvgIpc) is 3.12. The highest BCUT2D eigenvalue weighted by Crippen LogP contribution is 2.34. The molecule has 0 unspecified atom stereocenters. The van der Waals surface area contributed by atoms with Crippen LogP contribution >= 0.6 is 0 Å². The molecule has 32 heavy (non-hydrogen) atoms. The fourth-order valence-electron chi connectivity index (χ4n) is 5.12. The number of amides is 2. The van der Waals surface area contributed by atoms with Crippen LogP contribution in [0.5, 0.6) is 0 Å². The Labute approximate surface area is 190 Å². The molecule has 1 aliphatic heterocycles. The van der Waals surface area contributed by atoms with Gasteiger partial charge in [-0.3, -0.25) is 9.59 Å². The van der Waals surface area contributed by atoms with Crippen molar-refractivity contribution in [1.82, 2.24) is 14.8 Å². The highest BCUT2D eigenvalue weighted by Gasteiger charge is 2.48. The molecule has 1 saturated carbocycles. The fourth-order valence-corrected chi connectivity index (χ4v) is 5.12. The molecule has 1 N–H and O–H groups in total. The number of ether oxygens (including phenoxy) is 1. The van der Waals surface area contributed by atoms with Crippen LogP contribution in [0.2, 0.25) is 0 Å². The molecule has 7 nitrogen and oxygen atoms in total. The summed E-state index contributed by atoms with van der Waals surface area (Å²) >= 11 is 0. The number of aromatic nitrogens is 1. The zero-order chi connectivity index (χ0) is 22.9. The Hall–Kier alpha value is -2.28. The van der Waals surface area contributed by atoms with Crippen molar-refractivity contribution >= 4 is 22.9 Å². The van der Waals surface area contributed by atoms with Crippen molar-refractivity contribution < 1.29 is 18.7 Å². The van der Waals surface area contributed by atoms with Gasteiger partial charge < -0.3 is 23.9 Å². The molecule has 2 aromatic heterocycles. The lowest BCUT2D eigenvalue weighted by atomic mass is 9.93. The monoisotopic (exact) mass is 443 g/mol. The van der Waals surface area contributed by atoms with Crippen LogP contribution in [-0.4, -0.2) is 52.1 Å². The van der Waals surface area contributed by atoms with Crippen LogP contribution in [0.4, 0.5) is 0 Å². The van der Waals surface area contributed by atoms with E-state index in [1.165, 1.54) is 12.8 Å². The third-order valence-electron chi connectivity index (χ3n) is 6.90. The van der Waals surface area contributed by atoms with E-state index in [0.29, 0.717) is 37.4 Å². The molecular weight excluding hydrogens is 406 g/mol. The summed E-state index contributed by atoms with van der Waals surface area (Å²) in [6, 6.07) is 3.94. The Balaban J connectivity index is 1.62. The van der Waals surface area contributed by atoms with Crippen molar-refractivity contribution in [3.63, 3.8) is 0 Å². The van der Waals surface area contributed by atoms with E-state index in [9.17, 15) is 9.59 Å². The van der Waals surface area contributed by atoms with Gasteiger partial charge in [0, 0.05) is 31.3 Å². The fraction of sp³-hybridized carbons (Fsp3) is 0.680. The number of nitrogens with zero attached hydrogens (tertiary/aromatic N) is 2. The van der Waals surface area contributed by atoms with Gasteiger partial charge in [-0.05, 0) is 47.0 Å². The zero-order valence-corrected chi connectivity index (χ0v) is 19.9. The molecule has 1 aliphatic carbocycles. The maximum absolute atomic E-state index is 13.7. The molecule has 0 spiro atoms. The molecule has 0 radical (unpaired) electrons. The quantitative estimate of drug-likeness (QED) is 0.508. The zero-order valence-electron chi connectivity index (χ0n) is 19.9. The maximum atomic E-state index is 13.7. The van der Waals surface area contributed by atoms with Gasteiger partial charge in [-0.25, -0.2) is 0 Å². The Morgan fingerprint density at radius 2 is 1.97 bits per heavy atom. The number of nitrogens with one attached hydrogen (secondary N) is 1. The number of rotatable bonds is 7. The van der Waals surface area contributed by atoms with E-state index < -0.39 is 5.54 Å². The number of carbonyl (C=O) groups excluding carboxylic acids is 2. The van der Waals surface area contributed by atoms with Crippen LogP contribution in [-0.2, 0) is 16.1 Å². The second kappa shape index (κ2) is 9.30. The Bertz CT molecular complexity index is 967. The highest BCUT2D eigenvalue weighted by atomic mass is 16.5. The second-order valence-corrected chi connectivity index (χ2v) is 9.89. The molecule has 0 aromatic carbocycles. The van der Waals surface area contributed by atoms with E-state index in [2.05, 4.69) is 5.32 Å². The smallest absolute Gasteiger partial charge is 0.271 e. The van der Waals surface area contributed by atoms with Crippen molar-refractivity contribution in [3.8, 4) is 0 Å². The van der Waals surface area contributed by atoms with E-state index >= 15 is 0 Å². The van der Waals surface area contributed by atoms with Crippen molar-refractivity contribution in [1.29, 1.82) is 0 Å². The largest absolute Gasteiger partial charge is 0.460 e. The number of hydrogen-bond donors (Lipinski definition) is 1. The van der Waals surface area contributed by atoms with E-state index in [1.807, 2.05) is 44.4 Å². The molecule has 1 atom stereocenters. The van der Waals surface area contributed by atoms with Gasteiger partial charge >= 0.3 is 0 Å². The molecule has 0 bridgehead atoms. The first-order chi connectivity index (χ1) is 15.3. The summed E-state index contributed by atoms with van der Waals surface area (Å²) < 4.78 is 13.4. The van der Waals surface area contributed by atoms with Crippen molar-refractivity contribution in [2.75, 3.05) is 13.2 Å². The predicted octanol–water partition coefficient (Wildman–Crippen LogP) is 4.41. The standard InChI is InChI=1S/C25H37N3O4/c1-17(2)31-13-9-12-28-23(29)21-15-22-20(14-18(3)32-22)27(21)16-25(28,4)24(30)26-19-10-7-5-6-8-11-19/h14-15,17,19H,5-13,16H2,1-4H3,(H,26,30)/t25-/m1/s1. The van der Waals surface area contributed by atoms with Crippen LogP contribution < -0.4 is 5.32 Å². The molecule has 2 aromatic rings. The van der Waals surface area contributed by atoms with Gasteiger partial charge in [0.15, 0.2) is 5.58 Å². The van der Waals surface area contributed by atoms with Crippen molar-refractivity contribution in [2.24, 2.45) is 0 Å². The van der Waals surface area contributed by atoms with Crippen LogP contribution in [0.1, 0.15) is 82.0 Å². The van der Waals surface area contributed by atoms with Crippen LogP contribution in [0.25, 0.3) is 11.1 Å². The third kappa shape index (κ3) is 4.45. The molecule has 2 amide bonds. The van der Waals surface area contributed by atoms with Gasteiger partial charge in [-0.1, -0.05) is 25.7 Å².